The highest BCUT2D eigenvalue weighted by atomic mass is 32.2. The first-order valence-electron chi connectivity index (χ1n) is 7.31. The van der Waals surface area contributed by atoms with Gasteiger partial charge in [-0.2, -0.15) is 0 Å². The first-order chi connectivity index (χ1) is 9.93. The van der Waals surface area contributed by atoms with Crippen molar-refractivity contribution in [3.8, 4) is 0 Å². The highest BCUT2D eigenvalue weighted by Gasteiger charge is 2.26. The fraction of sp³-hybridized carbons (Fsp3) is 0.643. The van der Waals surface area contributed by atoms with Crippen LogP contribution in [0.4, 0.5) is 0 Å². The van der Waals surface area contributed by atoms with Crippen LogP contribution in [0.2, 0.25) is 0 Å². The van der Waals surface area contributed by atoms with Crippen molar-refractivity contribution in [2.45, 2.75) is 38.1 Å². The first kappa shape index (κ1) is 15.0. The fourth-order valence-corrected chi connectivity index (χ4v) is 5.06. The van der Waals surface area contributed by atoms with Gasteiger partial charge in [-0.25, -0.2) is 12.7 Å². The lowest BCUT2D eigenvalue weighted by Crippen LogP contribution is -2.46. The number of rotatable bonds is 3. The highest BCUT2D eigenvalue weighted by molar-refractivity contribution is 7.88. The molecule has 0 saturated carbocycles. The molecule has 7 heteroatoms. The topological polar surface area (TPSA) is 66.5 Å². The molecule has 0 spiro atoms. The van der Waals surface area contributed by atoms with Gasteiger partial charge in [-0.05, 0) is 43.7 Å². The van der Waals surface area contributed by atoms with Crippen LogP contribution < -0.4 is 5.32 Å². The van der Waals surface area contributed by atoms with Crippen molar-refractivity contribution >= 4 is 27.3 Å². The lowest BCUT2D eigenvalue weighted by atomic mass is 10.1. The summed E-state index contributed by atoms with van der Waals surface area (Å²) in [6.07, 6.45) is 5.99. The zero-order valence-corrected chi connectivity index (χ0v) is 13.7. The number of amides is 1. The Kier molecular flexibility index (Phi) is 4.07. The van der Waals surface area contributed by atoms with Gasteiger partial charge in [-0.3, -0.25) is 4.79 Å². The zero-order chi connectivity index (χ0) is 15.0. The van der Waals surface area contributed by atoms with E-state index in [9.17, 15) is 13.2 Å². The predicted molar refractivity (Wildman–Crippen MR) is 83.2 cm³/mol. The predicted octanol–water partition coefficient (Wildman–Crippen LogP) is 1.39. The van der Waals surface area contributed by atoms with Crippen molar-refractivity contribution in [2.24, 2.45) is 0 Å². The zero-order valence-electron chi connectivity index (χ0n) is 12.1. The Labute approximate surface area is 129 Å². The highest BCUT2D eigenvalue weighted by Crippen LogP contribution is 2.30. The van der Waals surface area contributed by atoms with Crippen LogP contribution in [0.25, 0.3) is 0 Å². The van der Waals surface area contributed by atoms with E-state index in [1.54, 1.807) is 11.3 Å². The van der Waals surface area contributed by atoms with Crippen LogP contribution >= 0.6 is 11.3 Å². The number of nitrogens with zero attached hydrogens (tertiary/aromatic N) is 1. The lowest BCUT2D eigenvalue weighted by molar-refractivity contribution is 0.0928. The third-order valence-electron chi connectivity index (χ3n) is 4.23. The molecule has 3 rings (SSSR count). The van der Waals surface area contributed by atoms with Crippen LogP contribution in [0.3, 0.4) is 0 Å². The fourth-order valence-electron chi connectivity index (χ4n) is 3.03. The van der Waals surface area contributed by atoms with Gasteiger partial charge in [0.25, 0.3) is 5.91 Å². The summed E-state index contributed by atoms with van der Waals surface area (Å²) in [6.45, 7) is 0.982. The molecule has 1 N–H and O–H groups in total. The second-order valence-corrected chi connectivity index (χ2v) is 8.94. The number of fused-ring (bicyclic) bond motifs is 1. The van der Waals surface area contributed by atoms with Gasteiger partial charge in [-0.1, -0.05) is 0 Å². The largest absolute Gasteiger partial charge is 0.349 e. The van der Waals surface area contributed by atoms with E-state index in [0.717, 1.165) is 17.7 Å². The molecule has 1 aliphatic carbocycles. The summed E-state index contributed by atoms with van der Waals surface area (Å²) in [6, 6.07) is 2.10. The summed E-state index contributed by atoms with van der Waals surface area (Å²) in [5.41, 5.74) is 1.33. The van der Waals surface area contributed by atoms with Crippen molar-refractivity contribution in [1.29, 1.82) is 0 Å². The third-order valence-corrected chi connectivity index (χ3v) is 6.77. The van der Waals surface area contributed by atoms with Crippen molar-refractivity contribution in [3.63, 3.8) is 0 Å². The van der Waals surface area contributed by atoms with Gasteiger partial charge in [0.05, 0.1) is 11.1 Å². The summed E-state index contributed by atoms with van der Waals surface area (Å²) < 4.78 is 24.4. The molecule has 1 aromatic heterocycles. The van der Waals surface area contributed by atoms with Gasteiger partial charge in [0.1, 0.15) is 0 Å². The van der Waals surface area contributed by atoms with E-state index in [4.69, 9.17) is 0 Å². The standard InChI is InChI=1S/C14H20N2O3S2/c1-21(18,19)16-7-5-11(6-8-16)15-14(17)13-9-10-3-2-4-12(10)20-13/h9,11H,2-8H2,1H3,(H,15,17). The molecule has 0 unspecified atom stereocenters. The molecule has 1 fully saturated rings. The molecule has 1 aliphatic heterocycles. The monoisotopic (exact) mass is 328 g/mol. The van der Waals surface area contributed by atoms with E-state index in [-0.39, 0.29) is 11.9 Å². The number of thiophene rings is 1. The Hall–Kier alpha value is -0.920. The van der Waals surface area contributed by atoms with E-state index < -0.39 is 10.0 Å². The molecule has 116 valence electrons. The minimum absolute atomic E-state index is 0.00722. The molecule has 1 amide bonds. The van der Waals surface area contributed by atoms with E-state index in [1.807, 2.05) is 6.07 Å². The summed E-state index contributed by atoms with van der Waals surface area (Å²) in [7, 11) is -3.11. The van der Waals surface area contributed by atoms with Crippen molar-refractivity contribution in [1.82, 2.24) is 9.62 Å². The van der Waals surface area contributed by atoms with Crippen LogP contribution in [-0.4, -0.2) is 44.0 Å². The Morgan fingerprint density at radius 3 is 2.67 bits per heavy atom. The second-order valence-electron chi connectivity index (χ2n) is 5.82. The van der Waals surface area contributed by atoms with Crippen molar-refractivity contribution in [2.75, 3.05) is 19.3 Å². The quantitative estimate of drug-likeness (QED) is 0.912. The third kappa shape index (κ3) is 3.30. The first-order valence-corrected chi connectivity index (χ1v) is 9.97. The van der Waals surface area contributed by atoms with Crippen LogP contribution in [0.5, 0.6) is 0 Å². The Bertz CT molecular complexity index is 622. The molecule has 0 atom stereocenters. The molecule has 0 bridgehead atoms. The van der Waals surface area contributed by atoms with E-state index in [0.29, 0.717) is 25.9 Å². The number of piperidine rings is 1. The number of aryl methyl sites for hydroxylation is 2. The Balaban J connectivity index is 1.56. The van der Waals surface area contributed by atoms with Gasteiger partial charge in [0, 0.05) is 24.0 Å². The second kappa shape index (κ2) is 5.70. The van der Waals surface area contributed by atoms with Gasteiger partial charge >= 0.3 is 0 Å². The molecule has 21 heavy (non-hydrogen) atoms. The molecule has 0 radical (unpaired) electrons. The Morgan fingerprint density at radius 2 is 2.05 bits per heavy atom. The van der Waals surface area contributed by atoms with E-state index >= 15 is 0 Å². The average Bonchev–Trinajstić information content (AvgIpc) is 2.98. The number of sulfonamides is 1. The molecule has 2 aliphatic rings. The Morgan fingerprint density at radius 1 is 1.33 bits per heavy atom. The maximum absolute atomic E-state index is 12.3. The van der Waals surface area contributed by atoms with Crippen molar-refractivity contribution in [3.05, 3.63) is 21.4 Å². The van der Waals surface area contributed by atoms with Crippen LogP contribution in [-0.2, 0) is 22.9 Å². The van der Waals surface area contributed by atoms with E-state index in [2.05, 4.69) is 5.32 Å². The molecule has 0 aromatic carbocycles. The molecule has 1 aromatic rings. The lowest BCUT2D eigenvalue weighted by Gasteiger charge is -2.30. The SMILES string of the molecule is CS(=O)(=O)N1CCC(NC(=O)c2cc3c(s2)CCC3)CC1. The maximum atomic E-state index is 12.3. The number of nitrogens with one attached hydrogen (secondary N) is 1. The van der Waals surface area contributed by atoms with Crippen LogP contribution in [0, 0.1) is 0 Å². The summed E-state index contributed by atoms with van der Waals surface area (Å²) >= 11 is 1.61. The number of hydrogen-bond donors (Lipinski definition) is 1. The molecular formula is C14H20N2O3S2. The molecule has 5 nitrogen and oxygen atoms in total. The number of carbonyl (C=O) groups is 1. The smallest absolute Gasteiger partial charge is 0.261 e. The minimum Gasteiger partial charge on any atom is -0.349 e. The van der Waals surface area contributed by atoms with Crippen LogP contribution in [0.1, 0.15) is 39.4 Å². The summed E-state index contributed by atoms with van der Waals surface area (Å²) in [4.78, 5) is 14.4. The van der Waals surface area contributed by atoms with Crippen molar-refractivity contribution < 1.29 is 13.2 Å². The maximum Gasteiger partial charge on any atom is 0.261 e. The van der Waals surface area contributed by atoms with Gasteiger partial charge in [-0.15, -0.1) is 11.3 Å². The van der Waals surface area contributed by atoms with Gasteiger partial charge in [0.2, 0.25) is 10.0 Å². The summed E-state index contributed by atoms with van der Waals surface area (Å²) in [5, 5.41) is 3.05. The number of hydrogen-bond acceptors (Lipinski definition) is 4. The number of carbonyl (C=O) groups excluding carboxylic acids is 1. The van der Waals surface area contributed by atoms with E-state index in [1.165, 1.54) is 27.4 Å². The van der Waals surface area contributed by atoms with Gasteiger partial charge in [0.15, 0.2) is 0 Å². The molecule has 2 heterocycles. The molecule has 1 saturated heterocycles. The average molecular weight is 328 g/mol. The van der Waals surface area contributed by atoms with Gasteiger partial charge < -0.3 is 5.32 Å². The summed E-state index contributed by atoms with van der Waals surface area (Å²) in [5.74, 6) is -0.00722. The minimum atomic E-state index is -3.11. The van der Waals surface area contributed by atoms with Crippen LogP contribution in [0.15, 0.2) is 6.07 Å². The normalized spacial score (nSPS) is 20.4. The molecular weight excluding hydrogens is 308 g/mol.